The van der Waals surface area contributed by atoms with E-state index in [4.69, 9.17) is 0 Å². The van der Waals surface area contributed by atoms with Gasteiger partial charge in [-0.05, 0) is 30.3 Å². The van der Waals surface area contributed by atoms with E-state index in [2.05, 4.69) is 26.8 Å². The Bertz CT molecular complexity index is 213. The summed E-state index contributed by atoms with van der Waals surface area (Å²) in [4.78, 5) is 11.6. The summed E-state index contributed by atoms with van der Waals surface area (Å²) < 4.78 is 0. The third-order valence-corrected chi connectivity index (χ3v) is 2.93. The van der Waals surface area contributed by atoms with Gasteiger partial charge in [-0.25, -0.2) is 0 Å². The van der Waals surface area contributed by atoms with E-state index in [-0.39, 0.29) is 0 Å². The summed E-state index contributed by atoms with van der Waals surface area (Å²) in [5, 5.41) is 0. The molecule has 0 heterocycles. The van der Waals surface area contributed by atoms with Crippen molar-refractivity contribution in [1.29, 1.82) is 0 Å². The molecule has 0 aromatic carbocycles. The Labute approximate surface area is 81.2 Å². The summed E-state index contributed by atoms with van der Waals surface area (Å²) in [6.45, 7) is 6.54. The van der Waals surface area contributed by atoms with Crippen LogP contribution >= 0.6 is 0 Å². The molecule has 0 spiro atoms. The summed E-state index contributed by atoms with van der Waals surface area (Å²) in [5.41, 5.74) is 1.08. The smallest absolute Gasteiger partial charge is 0.158 e. The fraction of sp³-hybridized carbons (Fsp3) is 0.750. The number of carbonyl (C=O) groups excluding carboxylic acids is 1. The fourth-order valence-corrected chi connectivity index (χ4v) is 1.88. The number of allylic oxidation sites excluding steroid dienone is 2. The van der Waals surface area contributed by atoms with Crippen LogP contribution < -0.4 is 0 Å². The molecule has 0 saturated heterocycles. The first kappa shape index (κ1) is 10.5. The molecule has 0 N–H and O–H groups in total. The van der Waals surface area contributed by atoms with Crippen molar-refractivity contribution in [3.05, 3.63) is 11.6 Å². The maximum Gasteiger partial charge on any atom is 0.158 e. The van der Waals surface area contributed by atoms with Crippen LogP contribution in [-0.4, -0.2) is 5.78 Å². The van der Waals surface area contributed by atoms with Crippen LogP contribution in [0.1, 0.15) is 46.5 Å². The van der Waals surface area contributed by atoms with Crippen LogP contribution in [0, 0.1) is 11.8 Å². The molecule has 1 heteroatoms. The lowest BCUT2D eigenvalue weighted by Crippen LogP contribution is -2.19. The zero-order chi connectivity index (χ0) is 9.84. The Kier molecular flexibility index (Phi) is 3.71. The highest BCUT2D eigenvalue weighted by atomic mass is 16.1. The van der Waals surface area contributed by atoms with E-state index in [0.29, 0.717) is 17.6 Å². The molecule has 0 amide bonds. The topological polar surface area (TPSA) is 17.1 Å². The second kappa shape index (κ2) is 4.59. The van der Waals surface area contributed by atoms with E-state index in [1.807, 2.05) is 0 Å². The quantitative estimate of drug-likeness (QED) is 0.651. The Balaban J connectivity index is 2.59. The van der Waals surface area contributed by atoms with Gasteiger partial charge in [-0.2, -0.15) is 0 Å². The number of rotatable bonds is 3. The molecule has 1 rings (SSSR count). The summed E-state index contributed by atoms with van der Waals surface area (Å²) >= 11 is 0. The minimum atomic E-state index is 0.395. The molecule has 1 aliphatic rings. The highest BCUT2D eigenvalue weighted by Gasteiger charge is 2.22. The van der Waals surface area contributed by atoms with E-state index in [1.165, 1.54) is 0 Å². The summed E-state index contributed by atoms with van der Waals surface area (Å²) in [5.74, 6) is 1.63. The standard InChI is InChI=1S/C12H20O/c1-4-5-10-6-7-11(9(2)3)8-12(10)13/h6,9,11H,4-5,7-8H2,1-3H3. The molecule has 0 aromatic rings. The number of Topliss-reactive ketones (excluding diaryl/α,β-unsaturated/α-hetero) is 1. The highest BCUT2D eigenvalue weighted by molar-refractivity contribution is 5.96. The van der Waals surface area contributed by atoms with Gasteiger partial charge in [-0.3, -0.25) is 4.79 Å². The summed E-state index contributed by atoms with van der Waals surface area (Å²) in [7, 11) is 0. The van der Waals surface area contributed by atoms with Gasteiger partial charge in [-0.1, -0.05) is 33.3 Å². The lowest BCUT2D eigenvalue weighted by atomic mass is 9.81. The predicted molar refractivity (Wildman–Crippen MR) is 55.6 cm³/mol. The van der Waals surface area contributed by atoms with Gasteiger partial charge < -0.3 is 0 Å². The predicted octanol–water partition coefficient (Wildman–Crippen LogP) is 3.35. The molecule has 74 valence electrons. The fourth-order valence-electron chi connectivity index (χ4n) is 1.88. The van der Waals surface area contributed by atoms with Crippen molar-refractivity contribution in [3.63, 3.8) is 0 Å². The molecule has 0 aromatic heterocycles. The minimum absolute atomic E-state index is 0.395. The summed E-state index contributed by atoms with van der Waals surface area (Å²) in [6.07, 6.45) is 6.12. The van der Waals surface area contributed by atoms with Crippen molar-refractivity contribution >= 4 is 5.78 Å². The number of hydrogen-bond acceptors (Lipinski definition) is 1. The molecule has 0 aliphatic heterocycles. The lowest BCUT2D eigenvalue weighted by Gasteiger charge is -2.23. The monoisotopic (exact) mass is 180 g/mol. The van der Waals surface area contributed by atoms with Crippen molar-refractivity contribution in [3.8, 4) is 0 Å². The average molecular weight is 180 g/mol. The summed E-state index contributed by atoms with van der Waals surface area (Å²) in [6, 6.07) is 0. The molecule has 1 atom stereocenters. The normalized spacial score (nSPS) is 23.5. The number of carbonyl (C=O) groups is 1. The minimum Gasteiger partial charge on any atom is -0.295 e. The average Bonchev–Trinajstić information content (AvgIpc) is 2.08. The van der Waals surface area contributed by atoms with Crippen LogP contribution in [0.3, 0.4) is 0 Å². The van der Waals surface area contributed by atoms with Gasteiger partial charge in [-0.15, -0.1) is 0 Å². The molecular weight excluding hydrogens is 160 g/mol. The maximum absolute atomic E-state index is 11.6. The lowest BCUT2D eigenvalue weighted by molar-refractivity contribution is -0.117. The van der Waals surface area contributed by atoms with Crippen LogP contribution in [0.2, 0.25) is 0 Å². The highest BCUT2D eigenvalue weighted by Crippen LogP contribution is 2.28. The largest absolute Gasteiger partial charge is 0.295 e. The molecular formula is C12H20O. The van der Waals surface area contributed by atoms with E-state index in [0.717, 1.165) is 31.3 Å². The van der Waals surface area contributed by atoms with Gasteiger partial charge in [0.2, 0.25) is 0 Å². The van der Waals surface area contributed by atoms with Crippen molar-refractivity contribution in [2.24, 2.45) is 11.8 Å². The Morgan fingerprint density at radius 2 is 2.23 bits per heavy atom. The molecule has 13 heavy (non-hydrogen) atoms. The van der Waals surface area contributed by atoms with Crippen LogP contribution in [0.25, 0.3) is 0 Å². The Hall–Kier alpha value is -0.590. The Morgan fingerprint density at radius 1 is 1.54 bits per heavy atom. The van der Waals surface area contributed by atoms with E-state index in [9.17, 15) is 4.79 Å². The third kappa shape index (κ3) is 2.68. The van der Waals surface area contributed by atoms with Gasteiger partial charge in [0.05, 0.1) is 0 Å². The van der Waals surface area contributed by atoms with Crippen molar-refractivity contribution in [2.45, 2.75) is 46.5 Å². The van der Waals surface area contributed by atoms with Crippen LogP contribution in [0.4, 0.5) is 0 Å². The van der Waals surface area contributed by atoms with Gasteiger partial charge >= 0.3 is 0 Å². The number of ketones is 1. The van der Waals surface area contributed by atoms with Crippen molar-refractivity contribution in [1.82, 2.24) is 0 Å². The van der Waals surface area contributed by atoms with Crippen LogP contribution in [0.5, 0.6) is 0 Å². The van der Waals surface area contributed by atoms with Gasteiger partial charge in [0.15, 0.2) is 5.78 Å². The first-order chi connectivity index (χ1) is 6.15. The van der Waals surface area contributed by atoms with Gasteiger partial charge in [0.25, 0.3) is 0 Å². The first-order valence-corrected chi connectivity index (χ1v) is 5.37. The molecule has 1 nitrogen and oxygen atoms in total. The first-order valence-electron chi connectivity index (χ1n) is 5.37. The van der Waals surface area contributed by atoms with Crippen molar-refractivity contribution in [2.75, 3.05) is 0 Å². The molecule has 1 aliphatic carbocycles. The van der Waals surface area contributed by atoms with Crippen molar-refractivity contribution < 1.29 is 4.79 Å². The van der Waals surface area contributed by atoms with Crippen LogP contribution in [-0.2, 0) is 4.79 Å². The maximum atomic E-state index is 11.6. The SMILES string of the molecule is CCCC1=CCC(C(C)C)CC1=O. The zero-order valence-corrected chi connectivity index (χ0v) is 8.97. The molecule has 0 bridgehead atoms. The second-order valence-electron chi connectivity index (χ2n) is 4.35. The van der Waals surface area contributed by atoms with Crippen LogP contribution in [0.15, 0.2) is 11.6 Å². The number of hydrogen-bond donors (Lipinski definition) is 0. The molecule has 1 unspecified atom stereocenters. The third-order valence-electron chi connectivity index (χ3n) is 2.93. The van der Waals surface area contributed by atoms with E-state index < -0.39 is 0 Å². The molecule has 0 radical (unpaired) electrons. The second-order valence-corrected chi connectivity index (χ2v) is 4.35. The van der Waals surface area contributed by atoms with Gasteiger partial charge in [0.1, 0.15) is 0 Å². The van der Waals surface area contributed by atoms with E-state index >= 15 is 0 Å². The Morgan fingerprint density at radius 3 is 2.69 bits per heavy atom. The van der Waals surface area contributed by atoms with E-state index in [1.54, 1.807) is 0 Å². The molecule has 0 saturated carbocycles. The zero-order valence-electron chi connectivity index (χ0n) is 8.97. The molecule has 0 fully saturated rings. The van der Waals surface area contributed by atoms with Gasteiger partial charge in [0, 0.05) is 6.42 Å².